The van der Waals surface area contributed by atoms with Gasteiger partial charge in [0.1, 0.15) is 11.5 Å². The van der Waals surface area contributed by atoms with Crippen molar-refractivity contribution in [3.63, 3.8) is 0 Å². The number of rotatable bonds is 2. The molecule has 0 amide bonds. The lowest BCUT2D eigenvalue weighted by Crippen LogP contribution is -1.88. The normalized spacial score (nSPS) is 9.50. The Morgan fingerprint density at radius 3 is 2.44 bits per heavy atom. The lowest BCUT2D eigenvalue weighted by Gasteiger charge is -2.08. The van der Waals surface area contributed by atoms with E-state index < -0.39 is 0 Å². The highest BCUT2D eigenvalue weighted by molar-refractivity contribution is 5.44. The third-order valence-corrected chi connectivity index (χ3v) is 2.31. The van der Waals surface area contributed by atoms with Gasteiger partial charge < -0.3 is 4.74 Å². The van der Waals surface area contributed by atoms with Crippen molar-refractivity contribution < 1.29 is 4.74 Å². The zero-order valence-electron chi connectivity index (χ0n) is 9.10. The first-order chi connectivity index (χ1) is 7.79. The second-order valence-electron chi connectivity index (χ2n) is 3.54. The Balaban J connectivity index is 2.27. The molecule has 0 aromatic heterocycles. The minimum Gasteiger partial charge on any atom is -0.457 e. The van der Waals surface area contributed by atoms with E-state index in [2.05, 4.69) is 5.92 Å². The highest BCUT2D eigenvalue weighted by Crippen LogP contribution is 2.25. The van der Waals surface area contributed by atoms with Crippen molar-refractivity contribution in [1.29, 1.82) is 0 Å². The van der Waals surface area contributed by atoms with Crippen molar-refractivity contribution in [2.75, 3.05) is 0 Å². The zero-order chi connectivity index (χ0) is 11.4. The number of aryl methyl sites for hydroxylation is 1. The number of terminal acetylenes is 1. The lowest BCUT2D eigenvalue weighted by molar-refractivity contribution is 0.479. The fourth-order valence-corrected chi connectivity index (χ4v) is 1.47. The molecule has 16 heavy (non-hydrogen) atoms. The summed E-state index contributed by atoms with van der Waals surface area (Å²) in [6.07, 6.45) is 5.33. The molecule has 2 aromatic rings. The Kier molecular flexibility index (Phi) is 2.93. The van der Waals surface area contributed by atoms with Crippen LogP contribution in [0.15, 0.2) is 48.5 Å². The number of ether oxygens (including phenoxy) is 1. The fourth-order valence-electron chi connectivity index (χ4n) is 1.47. The minimum atomic E-state index is 0.832. The number of hydrogen-bond donors (Lipinski definition) is 0. The molecule has 0 bridgehead atoms. The van der Waals surface area contributed by atoms with Crippen molar-refractivity contribution in [3.8, 4) is 23.8 Å². The quantitative estimate of drug-likeness (QED) is 0.683. The van der Waals surface area contributed by atoms with Gasteiger partial charge in [0.25, 0.3) is 0 Å². The third kappa shape index (κ3) is 2.24. The topological polar surface area (TPSA) is 9.23 Å². The maximum absolute atomic E-state index is 5.74. The van der Waals surface area contributed by atoms with Crippen LogP contribution in [-0.2, 0) is 0 Å². The van der Waals surface area contributed by atoms with Gasteiger partial charge in [-0.25, -0.2) is 0 Å². The maximum atomic E-state index is 5.74. The minimum absolute atomic E-state index is 0.832. The maximum Gasteiger partial charge on any atom is 0.130 e. The molecule has 0 saturated carbocycles. The van der Waals surface area contributed by atoms with Crippen LogP contribution < -0.4 is 4.74 Å². The second kappa shape index (κ2) is 4.55. The first kappa shape index (κ1) is 10.3. The molecule has 2 rings (SSSR count). The van der Waals surface area contributed by atoms with E-state index in [1.807, 2.05) is 55.5 Å². The number of benzene rings is 2. The van der Waals surface area contributed by atoms with Crippen LogP contribution in [0.4, 0.5) is 0 Å². The summed E-state index contributed by atoms with van der Waals surface area (Å²) in [6.45, 7) is 1.99. The number of hydrogen-bond acceptors (Lipinski definition) is 1. The Hall–Kier alpha value is -2.20. The third-order valence-electron chi connectivity index (χ3n) is 2.31. The predicted octanol–water partition coefficient (Wildman–Crippen LogP) is 3.77. The molecule has 0 aliphatic rings. The van der Waals surface area contributed by atoms with Gasteiger partial charge in [0.2, 0.25) is 0 Å². The highest BCUT2D eigenvalue weighted by Gasteiger charge is 2.01. The van der Waals surface area contributed by atoms with Crippen molar-refractivity contribution in [2.45, 2.75) is 6.92 Å². The predicted molar refractivity (Wildman–Crippen MR) is 65.6 cm³/mol. The van der Waals surface area contributed by atoms with Crippen LogP contribution in [-0.4, -0.2) is 0 Å². The van der Waals surface area contributed by atoms with E-state index in [1.54, 1.807) is 0 Å². The Morgan fingerprint density at radius 2 is 1.81 bits per heavy atom. The molecule has 0 spiro atoms. The average Bonchev–Trinajstić information content (AvgIpc) is 2.33. The van der Waals surface area contributed by atoms with E-state index in [0.717, 1.165) is 22.6 Å². The summed E-state index contributed by atoms with van der Waals surface area (Å²) >= 11 is 0. The Bertz CT molecular complexity index is 521. The van der Waals surface area contributed by atoms with Crippen molar-refractivity contribution in [2.24, 2.45) is 0 Å². The zero-order valence-corrected chi connectivity index (χ0v) is 9.10. The van der Waals surface area contributed by atoms with E-state index in [1.165, 1.54) is 0 Å². The summed E-state index contributed by atoms with van der Waals surface area (Å²) in [5.41, 5.74) is 1.91. The summed E-state index contributed by atoms with van der Waals surface area (Å²) in [7, 11) is 0. The highest BCUT2D eigenvalue weighted by atomic mass is 16.5. The molecule has 1 heteroatoms. The largest absolute Gasteiger partial charge is 0.457 e. The molecular weight excluding hydrogens is 196 g/mol. The summed E-state index contributed by atoms with van der Waals surface area (Å²) in [5.74, 6) is 4.27. The first-order valence-corrected chi connectivity index (χ1v) is 5.10. The summed E-state index contributed by atoms with van der Waals surface area (Å²) in [4.78, 5) is 0. The van der Waals surface area contributed by atoms with Crippen LogP contribution in [0, 0.1) is 19.3 Å². The van der Waals surface area contributed by atoms with Crippen LogP contribution >= 0.6 is 0 Å². The summed E-state index contributed by atoms with van der Waals surface area (Å²) in [6, 6.07) is 15.4. The van der Waals surface area contributed by atoms with Crippen LogP contribution in [0.2, 0.25) is 0 Å². The molecule has 0 atom stereocenters. The molecule has 0 aliphatic carbocycles. The van der Waals surface area contributed by atoms with Crippen molar-refractivity contribution in [3.05, 3.63) is 59.7 Å². The van der Waals surface area contributed by atoms with Crippen LogP contribution in [0.3, 0.4) is 0 Å². The van der Waals surface area contributed by atoms with Crippen LogP contribution in [0.1, 0.15) is 11.1 Å². The average molecular weight is 208 g/mol. The van der Waals surface area contributed by atoms with E-state index >= 15 is 0 Å². The Labute approximate surface area is 95.7 Å². The van der Waals surface area contributed by atoms with E-state index in [0.29, 0.717) is 0 Å². The molecule has 0 saturated heterocycles. The molecule has 0 N–H and O–H groups in total. The smallest absolute Gasteiger partial charge is 0.130 e. The van der Waals surface area contributed by atoms with E-state index in [-0.39, 0.29) is 0 Å². The SMILES string of the molecule is C#Cc1ccc(Oc2ccccc2)c(C)c1. The van der Waals surface area contributed by atoms with Gasteiger partial charge >= 0.3 is 0 Å². The molecule has 0 radical (unpaired) electrons. The van der Waals surface area contributed by atoms with Gasteiger partial charge in [-0.3, -0.25) is 0 Å². The van der Waals surface area contributed by atoms with E-state index in [4.69, 9.17) is 11.2 Å². The monoisotopic (exact) mass is 208 g/mol. The second-order valence-corrected chi connectivity index (χ2v) is 3.54. The van der Waals surface area contributed by atoms with Gasteiger partial charge in [-0.2, -0.15) is 0 Å². The van der Waals surface area contributed by atoms with Gasteiger partial charge in [0.05, 0.1) is 0 Å². The first-order valence-electron chi connectivity index (χ1n) is 5.10. The van der Waals surface area contributed by atoms with Crippen molar-refractivity contribution >= 4 is 0 Å². The molecule has 1 nitrogen and oxygen atoms in total. The van der Waals surface area contributed by atoms with Gasteiger partial charge in [0.15, 0.2) is 0 Å². The fraction of sp³-hybridized carbons (Fsp3) is 0.0667. The molecule has 0 fully saturated rings. The van der Waals surface area contributed by atoms with Gasteiger partial charge in [-0.1, -0.05) is 24.1 Å². The van der Waals surface area contributed by atoms with Gasteiger partial charge in [0, 0.05) is 5.56 Å². The van der Waals surface area contributed by atoms with Gasteiger partial charge in [-0.05, 0) is 42.8 Å². The summed E-state index contributed by atoms with van der Waals surface area (Å²) < 4.78 is 5.74. The Morgan fingerprint density at radius 1 is 1.06 bits per heavy atom. The van der Waals surface area contributed by atoms with Crippen LogP contribution in [0.5, 0.6) is 11.5 Å². The molecule has 2 aromatic carbocycles. The van der Waals surface area contributed by atoms with E-state index in [9.17, 15) is 0 Å². The molecule has 0 heterocycles. The molecule has 0 unspecified atom stereocenters. The van der Waals surface area contributed by atoms with Crippen LogP contribution in [0.25, 0.3) is 0 Å². The van der Waals surface area contributed by atoms with Gasteiger partial charge in [-0.15, -0.1) is 6.42 Å². The lowest BCUT2D eigenvalue weighted by atomic mass is 10.1. The standard InChI is InChI=1S/C15H12O/c1-3-13-9-10-15(12(2)11-13)16-14-7-5-4-6-8-14/h1,4-11H,2H3. The number of para-hydroxylation sites is 1. The van der Waals surface area contributed by atoms with Crippen molar-refractivity contribution in [1.82, 2.24) is 0 Å². The molecule has 0 aliphatic heterocycles. The molecule has 78 valence electrons. The molecular formula is C15H12O. The summed E-state index contributed by atoms with van der Waals surface area (Å²) in [5, 5.41) is 0.